The Morgan fingerprint density at radius 3 is 3.00 bits per heavy atom. The first-order chi connectivity index (χ1) is 10.7. The van der Waals surface area contributed by atoms with E-state index in [9.17, 15) is 4.79 Å². The van der Waals surface area contributed by atoms with Crippen LogP contribution in [0.25, 0.3) is 0 Å². The highest BCUT2D eigenvalue weighted by molar-refractivity contribution is 7.99. The zero-order chi connectivity index (χ0) is 15.1. The maximum Gasteiger partial charge on any atom is 0.237 e. The first-order valence-corrected chi connectivity index (χ1v) is 8.53. The Morgan fingerprint density at radius 1 is 1.36 bits per heavy atom. The third-order valence-corrected chi connectivity index (χ3v) is 5.07. The summed E-state index contributed by atoms with van der Waals surface area (Å²) in [6, 6.07) is 8.77. The van der Waals surface area contributed by atoms with Crippen LogP contribution in [-0.4, -0.2) is 37.9 Å². The van der Waals surface area contributed by atoms with E-state index in [1.165, 1.54) is 17.3 Å². The number of hydrogen-bond acceptors (Lipinski definition) is 5. The van der Waals surface area contributed by atoms with Crippen molar-refractivity contribution < 1.29 is 4.79 Å². The number of fused-ring (bicyclic) bond motifs is 1. The van der Waals surface area contributed by atoms with Crippen LogP contribution in [0.5, 0.6) is 0 Å². The second kappa shape index (κ2) is 5.39. The maximum absolute atomic E-state index is 12.6. The Bertz CT molecular complexity index is 711. The molecule has 0 N–H and O–H groups in total. The molecule has 0 bridgehead atoms. The molecule has 2 aliphatic rings. The molecule has 0 saturated heterocycles. The minimum Gasteiger partial charge on any atom is -0.308 e. The van der Waals surface area contributed by atoms with Gasteiger partial charge in [-0.05, 0) is 48.2 Å². The van der Waals surface area contributed by atoms with Gasteiger partial charge in [0.2, 0.25) is 11.1 Å². The van der Waals surface area contributed by atoms with Crippen molar-refractivity contribution >= 4 is 23.4 Å². The molecule has 1 aromatic heterocycles. The van der Waals surface area contributed by atoms with Crippen LogP contribution < -0.4 is 4.90 Å². The summed E-state index contributed by atoms with van der Waals surface area (Å²) >= 11 is 1.43. The fraction of sp³-hybridized carbons (Fsp3) is 0.467. The van der Waals surface area contributed by atoms with Crippen molar-refractivity contribution in [1.29, 1.82) is 0 Å². The molecule has 1 amide bonds. The second-order valence-electron chi connectivity index (χ2n) is 5.87. The van der Waals surface area contributed by atoms with E-state index in [1.54, 1.807) is 0 Å². The van der Waals surface area contributed by atoms with Gasteiger partial charge in [-0.1, -0.05) is 30.0 Å². The number of benzene rings is 1. The number of nitrogens with zero attached hydrogens (tertiary/aromatic N) is 5. The van der Waals surface area contributed by atoms with Gasteiger partial charge in [0.1, 0.15) is 0 Å². The van der Waals surface area contributed by atoms with Gasteiger partial charge in [-0.15, -0.1) is 5.10 Å². The van der Waals surface area contributed by atoms with Crippen LogP contribution in [0.3, 0.4) is 0 Å². The minimum absolute atomic E-state index is 0.118. The highest BCUT2D eigenvalue weighted by atomic mass is 32.2. The normalized spacial score (nSPS) is 20.2. The van der Waals surface area contributed by atoms with Gasteiger partial charge in [0.25, 0.3) is 0 Å². The monoisotopic (exact) mass is 315 g/mol. The molecule has 2 aromatic rings. The molecule has 1 aliphatic heterocycles. The van der Waals surface area contributed by atoms with Gasteiger partial charge in [-0.2, -0.15) is 0 Å². The van der Waals surface area contributed by atoms with Crippen LogP contribution in [0, 0.1) is 0 Å². The average molecular weight is 315 g/mol. The van der Waals surface area contributed by atoms with E-state index in [0.717, 1.165) is 30.1 Å². The Hall–Kier alpha value is -1.89. The van der Waals surface area contributed by atoms with Crippen LogP contribution >= 0.6 is 11.8 Å². The van der Waals surface area contributed by atoms with Crippen molar-refractivity contribution in [2.75, 3.05) is 10.7 Å². The van der Waals surface area contributed by atoms with E-state index >= 15 is 0 Å². The largest absolute Gasteiger partial charge is 0.308 e. The summed E-state index contributed by atoms with van der Waals surface area (Å²) in [5.74, 6) is 0.485. The number of carbonyl (C=O) groups excluding carboxylic acids is 1. The van der Waals surface area contributed by atoms with Crippen molar-refractivity contribution in [2.45, 2.75) is 43.4 Å². The molecule has 1 unspecified atom stereocenters. The second-order valence-corrected chi connectivity index (χ2v) is 6.81. The number of rotatable bonds is 4. The van der Waals surface area contributed by atoms with E-state index in [2.05, 4.69) is 28.5 Å². The maximum atomic E-state index is 12.6. The van der Waals surface area contributed by atoms with Crippen molar-refractivity contribution in [2.24, 2.45) is 0 Å². The van der Waals surface area contributed by atoms with Crippen molar-refractivity contribution in [3.63, 3.8) is 0 Å². The summed E-state index contributed by atoms with van der Waals surface area (Å²) in [4.78, 5) is 14.5. The summed E-state index contributed by atoms with van der Waals surface area (Å²) in [5, 5.41) is 12.5. The fourth-order valence-corrected chi connectivity index (χ4v) is 3.77. The molecule has 7 heteroatoms. The highest BCUT2D eigenvalue weighted by Gasteiger charge is 2.32. The van der Waals surface area contributed by atoms with Crippen LogP contribution in [-0.2, 0) is 11.2 Å². The zero-order valence-corrected chi connectivity index (χ0v) is 13.2. The number of anilines is 1. The first kappa shape index (κ1) is 13.8. The molecule has 2 heterocycles. The van der Waals surface area contributed by atoms with Crippen molar-refractivity contribution in [3.05, 3.63) is 29.8 Å². The predicted octanol–water partition coefficient (Wildman–Crippen LogP) is 2.08. The van der Waals surface area contributed by atoms with Gasteiger partial charge in [0, 0.05) is 11.7 Å². The van der Waals surface area contributed by atoms with E-state index < -0.39 is 0 Å². The number of amides is 1. The molecular weight excluding hydrogens is 298 g/mol. The molecule has 1 aromatic carbocycles. The highest BCUT2D eigenvalue weighted by Crippen LogP contribution is 2.37. The molecule has 1 saturated carbocycles. The summed E-state index contributed by atoms with van der Waals surface area (Å²) in [7, 11) is 0. The Balaban J connectivity index is 1.47. The van der Waals surface area contributed by atoms with Gasteiger partial charge in [-0.25, -0.2) is 4.68 Å². The van der Waals surface area contributed by atoms with E-state index in [1.807, 2.05) is 27.8 Å². The molecule has 22 heavy (non-hydrogen) atoms. The molecular formula is C15H17N5OS. The molecule has 0 spiro atoms. The Morgan fingerprint density at radius 2 is 2.18 bits per heavy atom. The van der Waals surface area contributed by atoms with Crippen LogP contribution in [0.1, 0.15) is 31.4 Å². The predicted molar refractivity (Wildman–Crippen MR) is 83.9 cm³/mol. The van der Waals surface area contributed by atoms with E-state index in [-0.39, 0.29) is 11.9 Å². The lowest BCUT2D eigenvalue weighted by atomic mass is 10.1. The molecule has 6 nitrogen and oxygen atoms in total. The number of carbonyl (C=O) groups is 1. The van der Waals surface area contributed by atoms with E-state index in [0.29, 0.717) is 11.8 Å². The standard InChI is InChI=1S/C15H17N5OS/c1-10-8-11-4-2-3-5-13(11)19(10)14(21)9-22-15-16-17-18-20(15)12-6-7-12/h2-5,10,12H,6-9H2,1H3. The third kappa shape index (κ3) is 2.39. The summed E-state index contributed by atoms with van der Waals surface area (Å²) in [5.41, 5.74) is 2.29. The minimum atomic E-state index is 0.118. The van der Waals surface area contributed by atoms with E-state index in [4.69, 9.17) is 0 Å². The first-order valence-electron chi connectivity index (χ1n) is 7.54. The molecule has 1 atom stereocenters. The lowest BCUT2D eigenvalue weighted by molar-refractivity contribution is -0.116. The lowest BCUT2D eigenvalue weighted by Gasteiger charge is -2.22. The van der Waals surface area contributed by atoms with Crippen LogP contribution in [0.15, 0.2) is 29.4 Å². The summed E-state index contributed by atoms with van der Waals surface area (Å²) in [6.45, 7) is 2.09. The number of thioether (sulfide) groups is 1. The Labute approximate surface area is 132 Å². The fourth-order valence-electron chi connectivity index (χ4n) is 2.97. The quantitative estimate of drug-likeness (QED) is 0.808. The van der Waals surface area contributed by atoms with Gasteiger partial charge in [0.05, 0.1) is 11.8 Å². The SMILES string of the molecule is CC1Cc2ccccc2N1C(=O)CSc1nnnn1C1CC1. The van der Waals surface area contributed by atoms with Gasteiger partial charge >= 0.3 is 0 Å². The van der Waals surface area contributed by atoms with Gasteiger partial charge in [-0.3, -0.25) is 4.79 Å². The van der Waals surface area contributed by atoms with Crippen molar-refractivity contribution in [1.82, 2.24) is 20.2 Å². The van der Waals surface area contributed by atoms with Gasteiger partial charge in [0.15, 0.2) is 0 Å². The van der Waals surface area contributed by atoms with Crippen molar-refractivity contribution in [3.8, 4) is 0 Å². The molecule has 1 aliphatic carbocycles. The lowest BCUT2D eigenvalue weighted by Crippen LogP contribution is -2.37. The third-order valence-electron chi connectivity index (χ3n) is 4.16. The molecule has 114 valence electrons. The summed E-state index contributed by atoms with van der Waals surface area (Å²) < 4.78 is 1.85. The number of aromatic nitrogens is 4. The van der Waals surface area contributed by atoms with Gasteiger partial charge < -0.3 is 4.90 Å². The number of hydrogen-bond donors (Lipinski definition) is 0. The zero-order valence-electron chi connectivity index (χ0n) is 12.3. The Kier molecular flexibility index (Phi) is 3.37. The van der Waals surface area contributed by atoms with Crippen LogP contribution in [0.4, 0.5) is 5.69 Å². The topological polar surface area (TPSA) is 63.9 Å². The molecule has 4 rings (SSSR count). The molecule has 1 fully saturated rings. The summed E-state index contributed by atoms with van der Waals surface area (Å²) in [6.07, 6.45) is 3.18. The molecule has 0 radical (unpaired) electrons. The number of para-hydroxylation sites is 1. The smallest absolute Gasteiger partial charge is 0.237 e. The number of tetrazole rings is 1. The average Bonchev–Trinajstić information content (AvgIpc) is 3.15. The van der Waals surface area contributed by atoms with Crippen LogP contribution in [0.2, 0.25) is 0 Å².